The van der Waals surface area contributed by atoms with Gasteiger partial charge in [0, 0.05) is 63.1 Å². The van der Waals surface area contributed by atoms with Crippen LogP contribution >= 0.6 is 0 Å². The normalized spacial score (nSPS) is 13.7. The van der Waals surface area contributed by atoms with Crippen molar-refractivity contribution in [2.75, 3.05) is 39.8 Å². The van der Waals surface area contributed by atoms with Crippen molar-refractivity contribution in [3.05, 3.63) is 114 Å². The largest absolute Gasteiger partial charge is 0.497 e. The smallest absolute Gasteiger partial charge is 0.336 e. The molecule has 0 radical (unpaired) electrons. The van der Waals surface area contributed by atoms with Gasteiger partial charge in [0.15, 0.2) is 17.0 Å². The van der Waals surface area contributed by atoms with Crippen LogP contribution in [0.1, 0.15) is 5.56 Å². The molecule has 0 unspecified atom stereocenters. The summed E-state index contributed by atoms with van der Waals surface area (Å²) in [6, 6.07) is 11.8. The van der Waals surface area contributed by atoms with Gasteiger partial charge in [0.2, 0.25) is 11.2 Å². The van der Waals surface area contributed by atoms with Crippen molar-refractivity contribution in [3.63, 3.8) is 0 Å². The summed E-state index contributed by atoms with van der Waals surface area (Å²) in [4.78, 5) is 58.3. The highest BCUT2D eigenvalue weighted by Crippen LogP contribution is 2.25. The molecule has 1 fully saturated rings. The van der Waals surface area contributed by atoms with Crippen LogP contribution in [-0.4, -0.2) is 55.5 Å². The van der Waals surface area contributed by atoms with E-state index < -0.39 is 33.7 Å². The summed E-state index contributed by atoms with van der Waals surface area (Å²) in [5.41, 5.74) is -4.51. The molecule has 0 saturated carbocycles. The summed E-state index contributed by atoms with van der Waals surface area (Å²) in [6.45, 7) is 7.30. The molecule has 0 N–H and O–H groups in total. The Morgan fingerprint density at radius 3 is 2.02 bits per heavy atom. The summed E-state index contributed by atoms with van der Waals surface area (Å²) >= 11 is 0. The highest BCUT2D eigenvalue weighted by atomic mass is 16.5. The Balaban J connectivity index is 1.75. The first-order valence-electron chi connectivity index (χ1n) is 13.1. The average Bonchev–Trinajstić information content (AvgIpc) is 2.99. The number of methoxy groups -OCH3 is 1. The second-order valence-electron chi connectivity index (χ2n) is 9.22. The summed E-state index contributed by atoms with van der Waals surface area (Å²) in [5, 5.41) is 0. The van der Waals surface area contributed by atoms with Crippen molar-refractivity contribution in [1.29, 1.82) is 0 Å². The van der Waals surface area contributed by atoms with E-state index in [1.165, 1.54) is 6.07 Å². The number of ether oxygens (including phenoxy) is 1. The van der Waals surface area contributed by atoms with Gasteiger partial charge in [-0.2, -0.15) is 0 Å². The molecule has 43 heavy (non-hydrogen) atoms. The van der Waals surface area contributed by atoms with Crippen LogP contribution in [0.3, 0.4) is 0 Å². The van der Waals surface area contributed by atoms with Crippen LogP contribution in [0.15, 0.2) is 109 Å². The number of benzene rings is 2. The summed E-state index contributed by atoms with van der Waals surface area (Å²) < 4.78 is 26.6. The molecule has 1 aliphatic rings. The Morgan fingerprint density at radius 2 is 1.42 bits per heavy atom. The zero-order chi connectivity index (χ0) is 30.3. The van der Waals surface area contributed by atoms with Crippen LogP contribution in [0.4, 0.5) is 5.69 Å². The molecule has 0 bridgehead atoms. The lowest BCUT2D eigenvalue weighted by Gasteiger charge is -2.34. The van der Waals surface area contributed by atoms with Gasteiger partial charge in [0.25, 0.3) is 0 Å². The fourth-order valence-electron chi connectivity index (χ4n) is 4.28. The third-order valence-corrected chi connectivity index (χ3v) is 6.36. The number of piperazine rings is 1. The molecule has 1 aliphatic heterocycles. The van der Waals surface area contributed by atoms with E-state index in [1.54, 1.807) is 31.4 Å². The van der Waals surface area contributed by atoms with E-state index in [2.05, 4.69) is 23.3 Å². The minimum absolute atomic E-state index is 0.00586. The van der Waals surface area contributed by atoms with Crippen molar-refractivity contribution in [2.24, 2.45) is 4.99 Å². The molecular formula is C31H25N3O9. The predicted molar refractivity (Wildman–Crippen MR) is 158 cm³/mol. The SMILES string of the molecule is C=CCN1CCN(C(C#Cc2cc3oc(=O)ccc(=O)oc3c3oc(=O)ccc(=O)oc23)=Nc2ccc(OC)cc2)CC1. The lowest BCUT2D eigenvalue weighted by molar-refractivity contribution is 0.199. The highest BCUT2D eigenvalue weighted by Gasteiger charge is 2.19. The maximum atomic E-state index is 12.4. The van der Waals surface area contributed by atoms with Gasteiger partial charge in [-0.05, 0) is 30.2 Å². The Kier molecular flexibility index (Phi) is 8.64. The van der Waals surface area contributed by atoms with Crippen LogP contribution in [0, 0.1) is 11.8 Å². The highest BCUT2D eigenvalue weighted by molar-refractivity contribution is 6.03. The number of hydrogen-bond acceptors (Lipinski definition) is 11. The molecule has 2 aromatic heterocycles. The monoisotopic (exact) mass is 583 g/mol. The molecule has 218 valence electrons. The summed E-state index contributed by atoms with van der Waals surface area (Å²) in [5.74, 6) is 7.04. The third-order valence-electron chi connectivity index (χ3n) is 6.36. The minimum atomic E-state index is -0.954. The zero-order valence-corrected chi connectivity index (χ0v) is 23.0. The van der Waals surface area contributed by atoms with E-state index in [4.69, 9.17) is 27.4 Å². The fraction of sp³-hybridized carbons (Fsp3) is 0.194. The fourth-order valence-corrected chi connectivity index (χ4v) is 4.28. The Morgan fingerprint density at radius 1 is 0.837 bits per heavy atom. The molecule has 1 saturated heterocycles. The number of fused-ring (bicyclic) bond motifs is 3. The second kappa shape index (κ2) is 12.9. The van der Waals surface area contributed by atoms with Crippen LogP contribution in [0.5, 0.6) is 5.75 Å². The first kappa shape index (κ1) is 28.8. The topological polar surface area (TPSA) is 149 Å². The van der Waals surface area contributed by atoms with Crippen molar-refractivity contribution >= 4 is 33.9 Å². The molecule has 4 aromatic rings. The van der Waals surface area contributed by atoms with E-state index >= 15 is 0 Å². The average molecular weight is 584 g/mol. The second-order valence-corrected chi connectivity index (χ2v) is 9.22. The molecular weight excluding hydrogens is 558 g/mol. The molecule has 5 rings (SSSR count). The van der Waals surface area contributed by atoms with Crippen LogP contribution in [0.25, 0.3) is 22.3 Å². The van der Waals surface area contributed by atoms with Crippen molar-refractivity contribution in [2.45, 2.75) is 0 Å². The molecule has 2 aromatic carbocycles. The van der Waals surface area contributed by atoms with E-state index in [9.17, 15) is 19.2 Å². The lowest BCUT2D eigenvalue weighted by Crippen LogP contribution is -2.48. The van der Waals surface area contributed by atoms with Crippen molar-refractivity contribution < 1.29 is 22.4 Å². The van der Waals surface area contributed by atoms with Crippen LogP contribution in [0.2, 0.25) is 0 Å². The van der Waals surface area contributed by atoms with Crippen molar-refractivity contribution in [1.82, 2.24) is 9.80 Å². The van der Waals surface area contributed by atoms with Gasteiger partial charge in [-0.15, -0.1) is 6.58 Å². The standard InChI is InChI=1S/C31H25N3O9/c1-3-14-33-15-17-34(18-16-33)24(32-21-5-7-22(39-2)8-6-21)9-4-20-19-23-30(42-27(37)11-10-25(35)40-23)31-29(20)41-26(36)12-13-28(38)43-31/h3,5-8,10-13,19H,1,14-18H2,2H3. The van der Waals surface area contributed by atoms with E-state index in [0.717, 1.165) is 43.9 Å². The van der Waals surface area contributed by atoms with Crippen LogP contribution < -0.4 is 27.2 Å². The molecule has 12 heteroatoms. The van der Waals surface area contributed by atoms with E-state index in [-0.39, 0.29) is 16.7 Å². The molecule has 0 amide bonds. The van der Waals surface area contributed by atoms with Crippen molar-refractivity contribution in [3.8, 4) is 17.6 Å². The van der Waals surface area contributed by atoms with Gasteiger partial charge in [0.05, 0.1) is 18.4 Å². The van der Waals surface area contributed by atoms with E-state index in [1.807, 2.05) is 11.0 Å². The molecule has 12 nitrogen and oxygen atoms in total. The van der Waals surface area contributed by atoms with Gasteiger partial charge < -0.3 is 27.3 Å². The van der Waals surface area contributed by atoms with Gasteiger partial charge in [-0.25, -0.2) is 24.2 Å². The first-order chi connectivity index (χ1) is 20.8. The maximum Gasteiger partial charge on any atom is 0.336 e. The number of aliphatic imine (C=N–C) groups is 1. The number of rotatable bonds is 4. The molecule has 3 heterocycles. The number of amidine groups is 1. The first-order valence-corrected chi connectivity index (χ1v) is 13.1. The van der Waals surface area contributed by atoms with Gasteiger partial charge in [0.1, 0.15) is 5.75 Å². The number of hydrogen-bond donors (Lipinski definition) is 0. The Labute approximate surface area is 243 Å². The van der Waals surface area contributed by atoms with Gasteiger partial charge in [-0.3, -0.25) is 4.90 Å². The predicted octanol–water partition coefficient (Wildman–Crippen LogP) is 2.82. The molecule has 0 spiro atoms. The molecule has 0 atom stereocenters. The lowest BCUT2D eigenvalue weighted by atomic mass is 10.2. The van der Waals surface area contributed by atoms with Gasteiger partial charge in [-0.1, -0.05) is 12.0 Å². The minimum Gasteiger partial charge on any atom is -0.497 e. The summed E-state index contributed by atoms with van der Waals surface area (Å²) in [7, 11) is 1.57. The van der Waals surface area contributed by atoms with E-state index in [0.29, 0.717) is 30.4 Å². The number of nitrogens with zero attached hydrogens (tertiary/aromatic N) is 3. The quantitative estimate of drug-likeness (QED) is 0.151. The third kappa shape index (κ3) is 6.98. The Bertz CT molecular complexity index is 2070. The Hall–Kier alpha value is -5.67. The van der Waals surface area contributed by atoms with Gasteiger partial charge >= 0.3 is 22.5 Å². The molecule has 0 aliphatic carbocycles. The van der Waals surface area contributed by atoms with Crippen LogP contribution in [-0.2, 0) is 0 Å². The zero-order valence-electron chi connectivity index (χ0n) is 23.0. The maximum absolute atomic E-state index is 12.4. The summed E-state index contributed by atoms with van der Waals surface area (Å²) in [6.07, 6.45) is 1.85.